The molecule has 0 saturated heterocycles. The Morgan fingerprint density at radius 3 is 2.96 bits per heavy atom. The summed E-state index contributed by atoms with van der Waals surface area (Å²) in [5, 5.41) is 2.93. The molecule has 0 spiro atoms. The van der Waals surface area contributed by atoms with Crippen LogP contribution in [0.5, 0.6) is 11.5 Å². The van der Waals surface area contributed by atoms with Crippen LogP contribution in [0.4, 0.5) is 0 Å². The highest BCUT2D eigenvalue weighted by molar-refractivity contribution is 5.93. The number of benzene rings is 1. The third kappa shape index (κ3) is 2.69. The molecule has 3 aromatic rings. The third-order valence-electron chi connectivity index (χ3n) is 3.80. The highest BCUT2D eigenvalue weighted by atomic mass is 16.7. The maximum Gasteiger partial charge on any atom is 0.268 e. The molecule has 0 fully saturated rings. The summed E-state index contributed by atoms with van der Waals surface area (Å²) < 4.78 is 12.4. The Morgan fingerprint density at radius 1 is 1.17 bits per heavy atom. The van der Waals surface area contributed by atoms with Gasteiger partial charge >= 0.3 is 0 Å². The molecule has 0 atom stereocenters. The number of hydrogen-bond donors (Lipinski definition) is 1. The van der Waals surface area contributed by atoms with Crippen molar-refractivity contribution in [3.63, 3.8) is 0 Å². The average molecular weight is 321 g/mol. The van der Waals surface area contributed by atoms with Crippen LogP contribution < -0.4 is 14.8 Å². The van der Waals surface area contributed by atoms with Crippen molar-refractivity contribution in [3.05, 3.63) is 72.3 Å². The van der Waals surface area contributed by atoms with Gasteiger partial charge in [-0.25, -0.2) is 0 Å². The Labute approximate surface area is 138 Å². The van der Waals surface area contributed by atoms with Crippen LogP contribution in [-0.2, 0) is 6.54 Å². The predicted molar refractivity (Wildman–Crippen MR) is 87.3 cm³/mol. The highest BCUT2D eigenvalue weighted by Gasteiger charge is 2.15. The van der Waals surface area contributed by atoms with Crippen molar-refractivity contribution in [2.45, 2.75) is 6.54 Å². The van der Waals surface area contributed by atoms with Gasteiger partial charge in [0.15, 0.2) is 11.5 Å². The molecular weight excluding hydrogens is 306 g/mol. The van der Waals surface area contributed by atoms with Gasteiger partial charge < -0.3 is 19.4 Å². The van der Waals surface area contributed by atoms with E-state index < -0.39 is 0 Å². The van der Waals surface area contributed by atoms with Gasteiger partial charge in [0.1, 0.15) is 5.69 Å². The molecule has 4 rings (SSSR count). The second-order valence-corrected chi connectivity index (χ2v) is 5.34. The number of amides is 1. The second-order valence-electron chi connectivity index (χ2n) is 5.34. The lowest BCUT2D eigenvalue weighted by Crippen LogP contribution is -2.25. The summed E-state index contributed by atoms with van der Waals surface area (Å²) in [5.41, 5.74) is 2.35. The molecule has 0 saturated carbocycles. The van der Waals surface area contributed by atoms with Crippen molar-refractivity contribution in [3.8, 4) is 17.2 Å². The summed E-state index contributed by atoms with van der Waals surface area (Å²) in [7, 11) is 0. The quantitative estimate of drug-likeness (QED) is 0.802. The lowest BCUT2D eigenvalue weighted by atomic mass is 10.2. The topological polar surface area (TPSA) is 65.4 Å². The second kappa shape index (κ2) is 6.08. The largest absolute Gasteiger partial charge is 0.454 e. The fourth-order valence-corrected chi connectivity index (χ4v) is 2.61. The fraction of sp³-hybridized carbons (Fsp3) is 0.111. The van der Waals surface area contributed by atoms with Crippen molar-refractivity contribution in [2.24, 2.45) is 0 Å². The van der Waals surface area contributed by atoms with Crippen LogP contribution in [0.2, 0.25) is 0 Å². The maximum absolute atomic E-state index is 12.5. The Morgan fingerprint density at radius 2 is 2.08 bits per heavy atom. The van der Waals surface area contributed by atoms with Crippen molar-refractivity contribution in [2.75, 3.05) is 6.79 Å². The Kier molecular flexibility index (Phi) is 3.63. The van der Waals surface area contributed by atoms with Crippen LogP contribution in [-0.4, -0.2) is 22.3 Å². The Balaban J connectivity index is 1.49. The summed E-state index contributed by atoms with van der Waals surface area (Å²) in [6.45, 7) is 0.650. The Hall–Kier alpha value is -3.28. The number of ether oxygens (including phenoxy) is 2. The van der Waals surface area contributed by atoms with Crippen LogP contribution in [0.25, 0.3) is 5.69 Å². The normalized spacial score (nSPS) is 12.2. The van der Waals surface area contributed by atoms with E-state index in [1.54, 1.807) is 18.5 Å². The van der Waals surface area contributed by atoms with Crippen molar-refractivity contribution in [1.82, 2.24) is 14.9 Å². The van der Waals surface area contributed by atoms with E-state index >= 15 is 0 Å². The lowest BCUT2D eigenvalue weighted by Gasteiger charge is -2.10. The number of fused-ring (bicyclic) bond motifs is 1. The number of carbonyl (C=O) groups excluding carboxylic acids is 1. The van der Waals surface area contributed by atoms with E-state index in [0.29, 0.717) is 18.0 Å². The minimum absolute atomic E-state index is 0.151. The third-order valence-corrected chi connectivity index (χ3v) is 3.80. The summed E-state index contributed by atoms with van der Waals surface area (Å²) in [6, 6.07) is 13.0. The van der Waals surface area contributed by atoms with E-state index in [1.165, 1.54) is 0 Å². The molecule has 1 aliphatic heterocycles. The highest BCUT2D eigenvalue weighted by Crippen LogP contribution is 2.32. The van der Waals surface area contributed by atoms with Crippen LogP contribution in [0, 0.1) is 0 Å². The molecule has 24 heavy (non-hydrogen) atoms. The molecule has 1 aromatic carbocycles. The van der Waals surface area contributed by atoms with Gasteiger partial charge in [0.25, 0.3) is 5.91 Å². The number of aromatic nitrogens is 2. The number of carbonyl (C=O) groups is 1. The smallest absolute Gasteiger partial charge is 0.268 e. The summed E-state index contributed by atoms with van der Waals surface area (Å²) in [6.07, 6.45) is 5.26. The molecule has 2 aromatic heterocycles. The van der Waals surface area contributed by atoms with Gasteiger partial charge in [0, 0.05) is 18.9 Å². The van der Waals surface area contributed by atoms with Gasteiger partial charge in [-0.1, -0.05) is 6.07 Å². The maximum atomic E-state index is 12.5. The van der Waals surface area contributed by atoms with Crippen LogP contribution >= 0.6 is 0 Å². The van der Waals surface area contributed by atoms with Gasteiger partial charge in [-0.2, -0.15) is 0 Å². The monoisotopic (exact) mass is 321 g/mol. The standard InChI is InChI=1S/C18H15N3O3/c22-18(15-4-2-8-21(15)14-3-1-7-19-11-14)20-10-13-5-6-16-17(9-13)24-12-23-16/h1-9,11H,10,12H2,(H,20,22). The minimum atomic E-state index is -0.151. The first-order valence-corrected chi connectivity index (χ1v) is 7.56. The zero-order chi connectivity index (χ0) is 16.4. The summed E-state index contributed by atoms with van der Waals surface area (Å²) >= 11 is 0. The molecule has 0 aliphatic carbocycles. The average Bonchev–Trinajstić information content (AvgIpc) is 3.29. The van der Waals surface area contributed by atoms with Crippen molar-refractivity contribution in [1.29, 1.82) is 0 Å². The van der Waals surface area contributed by atoms with Crippen LogP contribution in [0.15, 0.2) is 61.1 Å². The molecule has 120 valence electrons. The minimum Gasteiger partial charge on any atom is -0.454 e. The number of nitrogens with one attached hydrogen (secondary N) is 1. The van der Waals surface area contributed by atoms with E-state index in [1.807, 2.05) is 47.2 Å². The molecule has 1 aliphatic rings. The molecular formula is C18H15N3O3. The summed E-state index contributed by atoms with van der Waals surface area (Å²) in [4.78, 5) is 16.6. The summed E-state index contributed by atoms with van der Waals surface area (Å²) in [5.74, 6) is 1.29. The van der Waals surface area contributed by atoms with E-state index in [2.05, 4.69) is 10.3 Å². The number of pyridine rings is 1. The van der Waals surface area contributed by atoms with E-state index in [0.717, 1.165) is 17.0 Å². The first kappa shape index (κ1) is 14.3. The van der Waals surface area contributed by atoms with E-state index in [-0.39, 0.29) is 12.7 Å². The number of nitrogens with zero attached hydrogens (tertiary/aromatic N) is 2. The molecule has 0 unspecified atom stereocenters. The molecule has 1 amide bonds. The van der Waals surface area contributed by atoms with E-state index in [4.69, 9.17) is 9.47 Å². The molecule has 0 bridgehead atoms. The first-order chi connectivity index (χ1) is 11.8. The fourth-order valence-electron chi connectivity index (χ4n) is 2.61. The van der Waals surface area contributed by atoms with E-state index in [9.17, 15) is 4.79 Å². The zero-order valence-electron chi connectivity index (χ0n) is 12.8. The number of hydrogen-bond acceptors (Lipinski definition) is 4. The van der Waals surface area contributed by atoms with Gasteiger partial charge in [0.2, 0.25) is 6.79 Å². The SMILES string of the molecule is O=C(NCc1ccc2c(c1)OCO2)c1cccn1-c1cccnc1. The first-order valence-electron chi connectivity index (χ1n) is 7.56. The molecule has 0 radical (unpaired) electrons. The van der Waals surface area contributed by atoms with Crippen molar-refractivity contribution < 1.29 is 14.3 Å². The molecule has 6 nitrogen and oxygen atoms in total. The van der Waals surface area contributed by atoms with Gasteiger partial charge in [-0.05, 0) is 42.0 Å². The van der Waals surface area contributed by atoms with Crippen LogP contribution in [0.1, 0.15) is 16.1 Å². The Bertz CT molecular complexity index is 874. The van der Waals surface area contributed by atoms with Crippen LogP contribution in [0.3, 0.4) is 0 Å². The zero-order valence-corrected chi connectivity index (χ0v) is 12.8. The van der Waals surface area contributed by atoms with Crippen molar-refractivity contribution >= 4 is 5.91 Å². The predicted octanol–water partition coefficient (Wildman–Crippen LogP) is 2.53. The molecule has 6 heteroatoms. The van der Waals surface area contributed by atoms with Gasteiger partial charge in [-0.3, -0.25) is 9.78 Å². The molecule has 3 heterocycles. The lowest BCUT2D eigenvalue weighted by molar-refractivity contribution is 0.0944. The van der Waals surface area contributed by atoms with Gasteiger partial charge in [0.05, 0.1) is 11.9 Å². The molecule has 1 N–H and O–H groups in total. The van der Waals surface area contributed by atoms with Gasteiger partial charge in [-0.15, -0.1) is 0 Å². The number of rotatable bonds is 4.